The molecule has 0 aliphatic rings. The number of amides is 1. The minimum Gasteiger partial charge on any atom is -0.458 e. The van der Waals surface area contributed by atoms with Crippen molar-refractivity contribution in [3.63, 3.8) is 0 Å². The normalized spacial score (nSPS) is 14.9. The van der Waals surface area contributed by atoms with Gasteiger partial charge in [0.25, 0.3) is 0 Å². The van der Waals surface area contributed by atoms with Crippen molar-refractivity contribution in [1.29, 1.82) is 0 Å². The van der Waals surface area contributed by atoms with E-state index in [2.05, 4.69) is 0 Å². The standard InChI is InChI=1S/C30H44NO10P/c1-29(2,3)40-27(33)26(17-32)31(28(34)41-30(4,5)6)22-42(35,36)39-21-25(38-19-24-15-11-8-12-16-24)20-37-18-23-13-9-7-10-14-23/h7-16,25-26,32H,17-22H2,1-6H3,(H,35,36)/t25-,26+/m1/s1. The number of nitrogens with zero attached hydrogens (tertiary/aromatic N) is 1. The van der Waals surface area contributed by atoms with Gasteiger partial charge in [-0.15, -0.1) is 0 Å². The van der Waals surface area contributed by atoms with E-state index in [1.165, 1.54) is 0 Å². The average Bonchev–Trinajstić information content (AvgIpc) is 2.89. The van der Waals surface area contributed by atoms with Crippen LogP contribution >= 0.6 is 7.60 Å². The number of ether oxygens (including phenoxy) is 4. The Morgan fingerprint density at radius 3 is 1.86 bits per heavy atom. The Kier molecular flexibility index (Phi) is 13.6. The molecule has 0 radical (unpaired) electrons. The predicted octanol–water partition coefficient (Wildman–Crippen LogP) is 4.89. The van der Waals surface area contributed by atoms with Gasteiger partial charge in [0.1, 0.15) is 23.6 Å². The summed E-state index contributed by atoms with van der Waals surface area (Å²) in [6.45, 7) is 8.98. The smallest absolute Gasteiger partial charge is 0.411 e. The average molecular weight is 610 g/mol. The number of aliphatic hydroxyl groups excluding tert-OH is 1. The van der Waals surface area contributed by atoms with Gasteiger partial charge in [0.15, 0.2) is 6.04 Å². The molecule has 0 aromatic heterocycles. The van der Waals surface area contributed by atoms with Crippen molar-refractivity contribution in [2.24, 2.45) is 0 Å². The number of hydrogen-bond donors (Lipinski definition) is 2. The Morgan fingerprint density at radius 1 is 0.833 bits per heavy atom. The van der Waals surface area contributed by atoms with Gasteiger partial charge in [-0.25, -0.2) is 9.59 Å². The van der Waals surface area contributed by atoms with Gasteiger partial charge in [0.2, 0.25) is 0 Å². The van der Waals surface area contributed by atoms with Crippen LogP contribution in [0.1, 0.15) is 52.7 Å². The lowest BCUT2D eigenvalue weighted by molar-refractivity contribution is -0.162. The molecule has 2 rings (SSSR count). The molecule has 0 aliphatic carbocycles. The molecule has 234 valence electrons. The van der Waals surface area contributed by atoms with Crippen LogP contribution in [0.15, 0.2) is 60.7 Å². The van der Waals surface area contributed by atoms with Gasteiger partial charge in [0.05, 0.1) is 33.0 Å². The summed E-state index contributed by atoms with van der Waals surface area (Å²) in [7, 11) is -4.59. The molecule has 42 heavy (non-hydrogen) atoms. The number of carbonyl (C=O) groups excluding carboxylic acids is 2. The van der Waals surface area contributed by atoms with E-state index in [4.69, 9.17) is 23.5 Å². The fourth-order valence-corrected chi connectivity index (χ4v) is 4.70. The van der Waals surface area contributed by atoms with E-state index in [0.29, 0.717) is 11.5 Å². The zero-order chi connectivity index (χ0) is 31.4. The molecule has 0 saturated heterocycles. The highest BCUT2D eigenvalue weighted by molar-refractivity contribution is 7.52. The number of rotatable bonds is 15. The first kappa shape index (κ1) is 35.4. The lowest BCUT2D eigenvalue weighted by Gasteiger charge is -2.33. The number of esters is 1. The highest BCUT2D eigenvalue weighted by Gasteiger charge is 2.40. The van der Waals surface area contributed by atoms with Crippen LogP contribution in [0.3, 0.4) is 0 Å². The molecule has 1 amide bonds. The fourth-order valence-electron chi connectivity index (χ4n) is 3.52. The Balaban J connectivity index is 2.16. The summed E-state index contributed by atoms with van der Waals surface area (Å²) in [6, 6.07) is 17.3. The van der Waals surface area contributed by atoms with Crippen molar-refractivity contribution in [1.82, 2.24) is 4.90 Å². The molecule has 0 fully saturated rings. The molecule has 2 aromatic carbocycles. The number of benzene rings is 2. The minimum absolute atomic E-state index is 0.0503. The van der Waals surface area contributed by atoms with Crippen LogP contribution in [-0.2, 0) is 46.0 Å². The summed E-state index contributed by atoms with van der Waals surface area (Å²) >= 11 is 0. The van der Waals surface area contributed by atoms with Gasteiger partial charge >= 0.3 is 19.7 Å². The van der Waals surface area contributed by atoms with Crippen LogP contribution in [0.4, 0.5) is 4.79 Å². The second-order valence-corrected chi connectivity index (χ2v) is 13.5. The first-order valence-corrected chi connectivity index (χ1v) is 15.4. The minimum atomic E-state index is -4.59. The van der Waals surface area contributed by atoms with Crippen LogP contribution in [0, 0.1) is 0 Å². The lowest BCUT2D eigenvalue weighted by atomic mass is 10.2. The lowest BCUT2D eigenvalue weighted by Crippen LogP contribution is -2.51. The van der Waals surface area contributed by atoms with Crippen molar-refractivity contribution >= 4 is 19.7 Å². The Hall–Kier alpha value is -2.79. The second kappa shape index (κ2) is 16.2. The molecule has 0 bridgehead atoms. The van der Waals surface area contributed by atoms with E-state index >= 15 is 0 Å². The highest BCUT2D eigenvalue weighted by atomic mass is 31.2. The molecular weight excluding hydrogens is 565 g/mol. The van der Waals surface area contributed by atoms with Crippen molar-refractivity contribution in [2.75, 3.05) is 26.1 Å². The van der Waals surface area contributed by atoms with Crippen molar-refractivity contribution in [3.05, 3.63) is 71.8 Å². The zero-order valence-corrected chi connectivity index (χ0v) is 26.1. The van der Waals surface area contributed by atoms with Crippen molar-refractivity contribution in [2.45, 2.75) is 78.1 Å². The molecule has 11 nitrogen and oxygen atoms in total. The maximum atomic E-state index is 13.3. The summed E-state index contributed by atoms with van der Waals surface area (Å²) in [5.74, 6) is -0.964. The fraction of sp³-hybridized carbons (Fsp3) is 0.533. The van der Waals surface area contributed by atoms with Gasteiger partial charge in [-0.1, -0.05) is 60.7 Å². The largest absolute Gasteiger partial charge is 0.458 e. The quantitative estimate of drug-likeness (QED) is 0.212. The third-order valence-electron chi connectivity index (χ3n) is 5.39. The maximum absolute atomic E-state index is 13.3. The summed E-state index contributed by atoms with van der Waals surface area (Å²) in [5.41, 5.74) is -0.0990. The van der Waals surface area contributed by atoms with Crippen LogP contribution in [0.25, 0.3) is 0 Å². The summed E-state index contributed by atoms with van der Waals surface area (Å²) < 4.78 is 41.0. The Bertz CT molecular complexity index is 1150. The molecule has 3 atom stereocenters. The van der Waals surface area contributed by atoms with Crippen LogP contribution in [0.2, 0.25) is 0 Å². The third-order valence-corrected chi connectivity index (χ3v) is 6.61. The summed E-state index contributed by atoms with van der Waals surface area (Å²) in [5, 5.41) is 10.00. The molecule has 2 N–H and O–H groups in total. The SMILES string of the molecule is CC(C)(C)OC(=O)[C@H](CO)N(CP(=O)(O)OC[C@@H](COCc1ccccc1)OCc1ccccc1)C(=O)OC(C)(C)C. The predicted molar refractivity (Wildman–Crippen MR) is 157 cm³/mol. The summed E-state index contributed by atoms with van der Waals surface area (Å²) in [4.78, 5) is 37.3. The van der Waals surface area contributed by atoms with Crippen LogP contribution in [-0.4, -0.2) is 76.4 Å². The van der Waals surface area contributed by atoms with Gasteiger partial charge in [-0.05, 0) is 52.7 Å². The van der Waals surface area contributed by atoms with Gasteiger partial charge < -0.3 is 33.5 Å². The molecule has 0 aliphatic heterocycles. The van der Waals surface area contributed by atoms with Crippen molar-refractivity contribution < 1.29 is 47.6 Å². The van der Waals surface area contributed by atoms with E-state index in [0.717, 1.165) is 11.1 Å². The third kappa shape index (κ3) is 13.9. The number of aliphatic hydroxyl groups is 1. The Morgan fingerprint density at radius 2 is 1.36 bits per heavy atom. The first-order chi connectivity index (χ1) is 19.6. The van der Waals surface area contributed by atoms with Gasteiger partial charge in [-0.3, -0.25) is 9.46 Å². The zero-order valence-electron chi connectivity index (χ0n) is 25.2. The molecule has 12 heteroatoms. The highest BCUT2D eigenvalue weighted by Crippen LogP contribution is 2.43. The molecule has 0 saturated carbocycles. The summed E-state index contributed by atoms with van der Waals surface area (Å²) in [6.07, 6.45) is -2.78. The first-order valence-electron chi connectivity index (χ1n) is 13.7. The molecule has 2 aromatic rings. The number of carbonyl (C=O) groups is 2. The topological polar surface area (TPSA) is 141 Å². The van der Waals surface area contributed by atoms with E-state index in [1.807, 2.05) is 60.7 Å². The van der Waals surface area contributed by atoms with Gasteiger partial charge in [-0.2, -0.15) is 0 Å². The number of hydrogen-bond acceptors (Lipinski definition) is 9. The molecular formula is C30H44NO10P. The van der Waals surface area contributed by atoms with Gasteiger partial charge in [0, 0.05) is 0 Å². The van der Waals surface area contributed by atoms with E-state index < -0.39 is 55.9 Å². The van der Waals surface area contributed by atoms with E-state index in [1.54, 1.807) is 41.5 Å². The second-order valence-electron chi connectivity index (χ2n) is 11.7. The maximum Gasteiger partial charge on any atom is 0.411 e. The molecule has 0 heterocycles. The van der Waals surface area contributed by atoms with E-state index in [-0.39, 0.29) is 19.8 Å². The van der Waals surface area contributed by atoms with Crippen LogP contribution in [0.5, 0.6) is 0 Å². The van der Waals surface area contributed by atoms with Crippen molar-refractivity contribution in [3.8, 4) is 0 Å². The monoisotopic (exact) mass is 609 g/mol. The molecule has 0 spiro atoms. The molecule has 1 unspecified atom stereocenters. The van der Waals surface area contributed by atoms with E-state index in [9.17, 15) is 24.2 Å². The van der Waals surface area contributed by atoms with Crippen LogP contribution < -0.4 is 0 Å². The Labute approximate surface area is 248 Å².